The van der Waals surface area contributed by atoms with Crippen LogP contribution >= 0.6 is 0 Å². The van der Waals surface area contributed by atoms with Crippen molar-refractivity contribution in [2.45, 2.75) is 31.4 Å². The minimum absolute atomic E-state index is 0.340. The Labute approximate surface area is 112 Å². The number of hydrogen-bond donors (Lipinski definition) is 1. The van der Waals surface area contributed by atoms with Gasteiger partial charge in [0, 0.05) is 39.8 Å². The Balaban J connectivity index is 2.18. The fraction of sp³-hybridized carbons (Fsp3) is 0.833. The quantitative estimate of drug-likeness (QED) is 0.816. The van der Waals surface area contributed by atoms with Crippen LogP contribution in [0.3, 0.4) is 0 Å². The number of ether oxygens (including phenoxy) is 3. The lowest BCUT2D eigenvalue weighted by Crippen LogP contribution is -2.37. The number of nitrogens with zero attached hydrogens (tertiary/aromatic N) is 2. The van der Waals surface area contributed by atoms with E-state index in [1.807, 2.05) is 6.92 Å². The van der Waals surface area contributed by atoms with Gasteiger partial charge >= 0.3 is 0 Å². The summed E-state index contributed by atoms with van der Waals surface area (Å²) in [6, 6.07) is -0.412. The van der Waals surface area contributed by atoms with Crippen LogP contribution in [0.4, 0.5) is 0 Å². The van der Waals surface area contributed by atoms with Crippen molar-refractivity contribution in [3.63, 3.8) is 0 Å². The monoisotopic (exact) mass is 271 g/mol. The van der Waals surface area contributed by atoms with E-state index < -0.39 is 11.6 Å². The maximum atomic E-state index is 5.88. The summed E-state index contributed by atoms with van der Waals surface area (Å²) < 4.78 is 21.4. The molecule has 1 aliphatic heterocycles. The molecule has 19 heavy (non-hydrogen) atoms. The first-order chi connectivity index (χ1) is 9.22. The van der Waals surface area contributed by atoms with Gasteiger partial charge in [0.05, 0.1) is 6.61 Å². The topological polar surface area (TPSA) is 92.6 Å². The van der Waals surface area contributed by atoms with Crippen LogP contribution in [0.25, 0.3) is 0 Å². The lowest BCUT2D eigenvalue weighted by atomic mass is 9.93. The minimum Gasteiger partial charge on any atom is -0.383 e. The molecular formula is C12H21N3O4. The maximum absolute atomic E-state index is 5.88. The van der Waals surface area contributed by atoms with Crippen molar-refractivity contribution in [3.8, 4) is 0 Å². The zero-order valence-electron chi connectivity index (χ0n) is 11.4. The molecule has 0 amide bonds. The third kappa shape index (κ3) is 3.11. The van der Waals surface area contributed by atoms with E-state index in [-0.39, 0.29) is 0 Å². The van der Waals surface area contributed by atoms with E-state index in [1.54, 1.807) is 7.11 Å². The van der Waals surface area contributed by atoms with Crippen molar-refractivity contribution in [2.24, 2.45) is 5.73 Å². The highest BCUT2D eigenvalue weighted by molar-refractivity contribution is 5.04. The van der Waals surface area contributed by atoms with E-state index in [4.69, 9.17) is 24.5 Å². The predicted molar refractivity (Wildman–Crippen MR) is 66.5 cm³/mol. The zero-order valence-corrected chi connectivity index (χ0v) is 11.4. The Morgan fingerprint density at radius 2 is 2.16 bits per heavy atom. The largest absolute Gasteiger partial charge is 0.383 e. The average molecular weight is 271 g/mol. The summed E-state index contributed by atoms with van der Waals surface area (Å²) in [6.45, 7) is 4.15. The molecule has 1 saturated heterocycles. The van der Waals surface area contributed by atoms with Gasteiger partial charge in [0.15, 0.2) is 0 Å². The van der Waals surface area contributed by atoms with Crippen molar-refractivity contribution in [3.05, 3.63) is 11.7 Å². The van der Waals surface area contributed by atoms with Crippen molar-refractivity contribution >= 4 is 0 Å². The maximum Gasteiger partial charge on any atom is 0.246 e. The van der Waals surface area contributed by atoms with Gasteiger partial charge in [-0.05, 0) is 6.92 Å². The summed E-state index contributed by atoms with van der Waals surface area (Å²) in [5.41, 5.74) is 5.37. The Kier molecular flexibility index (Phi) is 4.87. The second-order valence-corrected chi connectivity index (χ2v) is 4.56. The van der Waals surface area contributed by atoms with E-state index in [0.717, 1.165) is 12.8 Å². The number of methoxy groups -OCH3 is 1. The molecule has 0 aliphatic carbocycles. The van der Waals surface area contributed by atoms with Gasteiger partial charge in [-0.3, -0.25) is 0 Å². The average Bonchev–Trinajstić information content (AvgIpc) is 2.91. The molecule has 2 heterocycles. The van der Waals surface area contributed by atoms with Gasteiger partial charge in [0.1, 0.15) is 11.6 Å². The van der Waals surface area contributed by atoms with Crippen molar-refractivity contribution < 1.29 is 18.7 Å². The van der Waals surface area contributed by atoms with Crippen LogP contribution in [-0.4, -0.2) is 43.7 Å². The van der Waals surface area contributed by atoms with Crippen LogP contribution in [0, 0.1) is 0 Å². The lowest BCUT2D eigenvalue weighted by molar-refractivity contribution is -0.118. The van der Waals surface area contributed by atoms with Crippen LogP contribution < -0.4 is 5.73 Å². The summed E-state index contributed by atoms with van der Waals surface area (Å²) in [5.74, 6) is 0.932. The molecule has 1 aromatic rings. The third-order valence-electron chi connectivity index (χ3n) is 3.23. The number of nitrogens with two attached hydrogens (primary N) is 1. The fourth-order valence-corrected chi connectivity index (χ4v) is 2.23. The van der Waals surface area contributed by atoms with Gasteiger partial charge in [-0.25, -0.2) is 0 Å². The summed E-state index contributed by atoms with van der Waals surface area (Å²) >= 11 is 0. The second kappa shape index (κ2) is 6.42. The van der Waals surface area contributed by atoms with Gasteiger partial charge in [0.25, 0.3) is 0 Å². The minimum atomic E-state index is -0.512. The highest BCUT2D eigenvalue weighted by Crippen LogP contribution is 2.34. The Morgan fingerprint density at radius 1 is 1.42 bits per heavy atom. The summed E-state index contributed by atoms with van der Waals surface area (Å²) in [4.78, 5) is 4.38. The zero-order chi connectivity index (χ0) is 13.7. The van der Waals surface area contributed by atoms with E-state index in [0.29, 0.717) is 38.1 Å². The standard InChI is InChI=1S/C12H21N3O4/c1-3-18-12(4-6-17-7-5-12)11-14-10(19-15-11)9(13)8-16-2/h9H,3-8,13H2,1-2H3. The van der Waals surface area contributed by atoms with Crippen molar-refractivity contribution in [2.75, 3.05) is 33.5 Å². The molecule has 0 spiro atoms. The molecule has 0 saturated carbocycles. The van der Waals surface area contributed by atoms with Gasteiger partial charge in [-0.1, -0.05) is 5.16 Å². The summed E-state index contributed by atoms with van der Waals surface area (Å²) in [5, 5.41) is 4.03. The molecule has 1 fully saturated rings. The van der Waals surface area contributed by atoms with E-state index >= 15 is 0 Å². The van der Waals surface area contributed by atoms with Crippen LogP contribution in [0.2, 0.25) is 0 Å². The van der Waals surface area contributed by atoms with Gasteiger partial charge < -0.3 is 24.5 Å². The molecule has 108 valence electrons. The molecule has 1 aromatic heterocycles. The van der Waals surface area contributed by atoms with Crippen LogP contribution in [0.1, 0.15) is 37.5 Å². The molecule has 7 heteroatoms. The molecule has 1 unspecified atom stereocenters. The number of rotatable bonds is 6. The first-order valence-corrected chi connectivity index (χ1v) is 6.52. The van der Waals surface area contributed by atoms with E-state index in [9.17, 15) is 0 Å². The molecule has 0 aromatic carbocycles. The third-order valence-corrected chi connectivity index (χ3v) is 3.23. The molecule has 0 radical (unpaired) electrons. The first-order valence-electron chi connectivity index (χ1n) is 6.52. The van der Waals surface area contributed by atoms with Gasteiger partial charge in [0.2, 0.25) is 11.7 Å². The highest BCUT2D eigenvalue weighted by Gasteiger charge is 2.40. The van der Waals surface area contributed by atoms with Gasteiger partial charge in [-0.15, -0.1) is 0 Å². The van der Waals surface area contributed by atoms with Crippen molar-refractivity contribution in [1.29, 1.82) is 0 Å². The predicted octanol–water partition coefficient (Wildman–Crippen LogP) is 0.758. The molecule has 2 rings (SSSR count). The molecule has 7 nitrogen and oxygen atoms in total. The van der Waals surface area contributed by atoms with E-state index in [1.165, 1.54) is 0 Å². The lowest BCUT2D eigenvalue weighted by Gasteiger charge is -2.33. The second-order valence-electron chi connectivity index (χ2n) is 4.56. The van der Waals surface area contributed by atoms with Gasteiger partial charge in [-0.2, -0.15) is 4.98 Å². The Bertz CT molecular complexity index is 385. The molecule has 2 N–H and O–H groups in total. The molecule has 0 bridgehead atoms. The molecular weight excluding hydrogens is 250 g/mol. The Morgan fingerprint density at radius 3 is 2.79 bits per heavy atom. The smallest absolute Gasteiger partial charge is 0.246 e. The normalized spacial score (nSPS) is 20.4. The van der Waals surface area contributed by atoms with Crippen LogP contribution in [0.15, 0.2) is 4.52 Å². The number of aromatic nitrogens is 2. The van der Waals surface area contributed by atoms with Crippen LogP contribution in [-0.2, 0) is 19.8 Å². The van der Waals surface area contributed by atoms with Crippen molar-refractivity contribution in [1.82, 2.24) is 10.1 Å². The number of hydrogen-bond acceptors (Lipinski definition) is 7. The van der Waals surface area contributed by atoms with Crippen LogP contribution in [0.5, 0.6) is 0 Å². The summed E-state index contributed by atoms with van der Waals surface area (Å²) in [7, 11) is 1.58. The SMILES string of the molecule is CCOC1(c2noc(C(N)COC)n2)CCOCC1. The Hall–Kier alpha value is -1.02. The fourth-order valence-electron chi connectivity index (χ4n) is 2.23. The van der Waals surface area contributed by atoms with E-state index in [2.05, 4.69) is 10.1 Å². The summed E-state index contributed by atoms with van der Waals surface area (Å²) in [6.07, 6.45) is 1.44. The molecule has 1 atom stereocenters. The molecule has 1 aliphatic rings. The highest BCUT2D eigenvalue weighted by atomic mass is 16.5. The first kappa shape index (κ1) is 14.4.